The highest BCUT2D eigenvalue weighted by molar-refractivity contribution is 5.22. The first-order valence-electron chi connectivity index (χ1n) is 7.94. The molecule has 0 saturated heterocycles. The molecule has 0 aliphatic rings. The summed E-state index contributed by atoms with van der Waals surface area (Å²) in [4.78, 5) is 0. The molecule has 1 heteroatoms. The molecular weight excluding hydrogens is 230 g/mol. The molecule has 1 nitrogen and oxygen atoms in total. The minimum absolute atomic E-state index is 0.676. The van der Waals surface area contributed by atoms with Crippen molar-refractivity contribution in [3.63, 3.8) is 0 Å². The maximum atomic E-state index is 3.72. The van der Waals surface area contributed by atoms with Gasteiger partial charge in [0.1, 0.15) is 0 Å². The van der Waals surface area contributed by atoms with Crippen molar-refractivity contribution in [2.24, 2.45) is 5.92 Å². The van der Waals surface area contributed by atoms with Gasteiger partial charge >= 0.3 is 0 Å². The van der Waals surface area contributed by atoms with Crippen molar-refractivity contribution in [2.45, 2.75) is 65.8 Å². The summed E-state index contributed by atoms with van der Waals surface area (Å²) in [5, 5.41) is 3.72. The highest BCUT2D eigenvalue weighted by Crippen LogP contribution is 2.15. The van der Waals surface area contributed by atoms with Crippen LogP contribution >= 0.6 is 0 Å². The average Bonchev–Trinajstić information content (AvgIpc) is 2.41. The van der Waals surface area contributed by atoms with Crippen LogP contribution in [0.25, 0.3) is 0 Å². The van der Waals surface area contributed by atoms with Gasteiger partial charge in [-0.2, -0.15) is 0 Å². The fraction of sp³-hybridized carbons (Fsp3) is 0.667. The molecule has 2 unspecified atom stereocenters. The lowest BCUT2D eigenvalue weighted by Gasteiger charge is -2.21. The molecule has 2 atom stereocenters. The van der Waals surface area contributed by atoms with E-state index in [2.05, 4.69) is 57.3 Å². The third-order valence-electron chi connectivity index (χ3n) is 3.93. The Morgan fingerprint density at radius 3 is 2.63 bits per heavy atom. The maximum Gasteiger partial charge on any atom is 0.00727 e. The van der Waals surface area contributed by atoms with E-state index in [9.17, 15) is 0 Å². The topological polar surface area (TPSA) is 12.0 Å². The molecule has 0 aromatic heterocycles. The van der Waals surface area contributed by atoms with Crippen molar-refractivity contribution in [3.05, 3.63) is 35.4 Å². The molecule has 1 aromatic carbocycles. The standard InChI is InChI=1S/C18H31N/c1-5-12-19-18(14-15(3)6-2)11-10-17-9-7-8-16(4)13-17/h7-9,13,15,18-19H,5-6,10-12,14H2,1-4H3. The van der Waals surface area contributed by atoms with Crippen molar-refractivity contribution in [1.29, 1.82) is 0 Å². The number of hydrogen-bond acceptors (Lipinski definition) is 1. The summed E-state index contributed by atoms with van der Waals surface area (Å²) in [6.07, 6.45) is 6.27. The highest BCUT2D eigenvalue weighted by Gasteiger charge is 2.11. The lowest BCUT2D eigenvalue weighted by Crippen LogP contribution is -2.31. The van der Waals surface area contributed by atoms with Crippen molar-refractivity contribution in [1.82, 2.24) is 5.32 Å². The Morgan fingerprint density at radius 2 is 2.00 bits per heavy atom. The van der Waals surface area contributed by atoms with E-state index in [4.69, 9.17) is 0 Å². The quantitative estimate of drug-likeness (QED) is 0.677. The Balaban J connectivity index is 2.47. The van der Waals surface area contributed by atoms with Gasteiger partial charge in [-0.25, -0.2) is 0 Å². The zero-order valence-corrected chi connectivity index (χ0v) is 13.2. The SMILES string of the molecule is CCCNC(CCc1cccc(C)c1)CC(C)CC. The van der Waals surface area contributed by atoms with Crippen LogP contribution in [0.1, 0.15) is 57.6 Å². The Hall–Kier alpha value is -0.820. The van der Waals surface area contributed by atoms with Crippen molar-refractivity contribution < 1.29 is 0 Å². The van der Waals surface area contributed by atoms with E-state index in [-0.39, 0.29) is 0 Å². The lowest BCUT2D eigenvalue weighted by molar-refractivity contribution is 0.377. The Labute approximate surface area is 119 Å². The van der Waals surface area contributed by atoms with Gasteiger partial charge in [0.05, 0.1) is 0 Å². The van der Waals surface area contributed by atoms with E-state index < -0.39 is 0 Å². The molecule has 1 N–H and O–H groups in total. The molecule has 0 saturated carbocycles. The number of benzene rings is 1. The van der Waals surface area contributed by atoms with Crippen LogP contribution in [0.4, 0.5) is 0 Å². The molecule has 0 aliphatic heterocycles. The summed E-state index contributed by atoms with van der Waals surface area (Å²) in [5.41, 5.74) is 2.85. The molecule has 0 heterocycles. The second kappa shape index (κ2) is 9.14. The molecule has 0 bridgehead atoms. The van der Waals surface area contributed by atoms with Crippen molar-refractivity contribution >= 4 is 0 Å². The van der Waals surface area contributed by atoms with E-state index in [1.807, 2.05) is 0 Å². The molecule has 0 radical (unpaired) electrons. The van der Waals surface area contributed by atoms with Crippen LogP contribution in [0.15, 0.2) is 24.3 Å². The third kappa shape index (κ3) is 6.77. The minimum Gasteiger partial charge on any atom is -0.314 e. The molecule has 0 fully saturated rings. The second-order valence-electron chi connectivity index (χ2n) is 5.93. The maximum absolute atomic E-state index is 3.72. The van der Waals surface area contributed by atoms with E-state index in [1.54, 1.807) is 0 Å². The summed E-state index contributed by atoms with van der Waals surface area (Å²) in [5.74, 6) is 0.826. The van der Waals surface area contributed by atoms with Gasteiger partial charge in [-0.1, -0.05) is 57.0 Å². The summed E-state index contributed by atoms with van der Waals surface area (Å²) in [7, 11) is 0. The third-order valence-corrected chi connectivity index (χ3v) is 3.93. The Kier molecular flexibility index (Phi) is 7.81. The number of nitrogens with one attached hydrogen (secondary N) is 1. The van der Waals surface area contributed by atoms with Gasteiger partial charge in [-0.05, 0) is 50.6 Å². The van der Waals surface area contributed by atoms with Gasteiger partial charge in [0.2, 0.25) is 0 Å². The van der Waals surface area contributed by atoms with E-state index in [1.165, 1.54) is 43.2 Å². The van der Waals surface area contributed by atoms with Gasteiger partial charge in [-0.15, -0.1) is 0 Å². The van der Waals surface area contributed by atoms with Crippen LogP contribution in [0, 0.1) is 12.8 Å². The first-order chi connectivity index (χ1) is 9.15. The Bertz CT molecular complexity index is 345. The van der Waals surface area contributed by atoms with Crippen molar-refractivity contribution in [3.8, 4) is 0 Å². The number of hydrogen-bond donors (Lipinski definition) is 1. The Morgan fingerprint density at radius 1 is 1.21 bits per heavy atom. The van der Waals surface area contributed by atoms with Gasteiger partial charge in [-0.3, -0.25) is 0 Å². The summed E-state index contributed by atoms with van der Waals surface area (Å²) in [6.45, 7) is 10.2. The number of aryl methyl sites for hydroxylation is 2. The van der Waals surface area contributed by atoms with Gasteiger partial charge < -0.3 is 5.32 Å². The highest BCUT2D eigenvalue weighted by atomic mass is 14.9. The smallest absolute Gasteiger partial charge is 0.00727 e. The number of rotatable bonds is 9. The largest absolute Gasteiger partial charge is 0.314 e. The molecule has 0 spiro atoms. The first kappa shape index (κ1) is 16.2. The molecule has 1 aromatic rings. The van der Waals surface area contributed by atoms with E-state index in [0.29, 0.717) is 6.04 Å². The molecule has 19 heavy (non-hydrogen) atoms. The molecular formula is C18H31N. The fourth-order valence-corrected chi connectivity index (χ4v) is 2.51. The zero-order valence-electron chi connectivity index (χ0n) is 13.2. The molecule has 0 amide bonds. The van der Waals surface area contributed by atoms with Gasteiger partial charge in [0.25, 0.3) is 0 Å². The van der Waals surface area contributed by atoms with Crippen LogP contribution in [-0.2, 0) is 6.42 Å². The van der Waals surface area contributed by atoms with Crippen molar-refractivity contribution in [2.75, 3.05) is 6.54 Å². The van der Waals surface area contributed by atoms with Crippen LogP contribution < -0.4 is 5.32 Å². The molecule has 108 valence electrons. The van der Waals surface area contributed by atoms with Gasteiger partial charge in [0, 0.05) is 6.04 Å². The second-order valence-corrected chi connectivity index (χ2v) is 5.93. The average molecular weight is 261 g/mol. The fourth-order valence-electron chi connectivity index (χ4n) is 2.51. The zero-order chi connectivity index (χ0) is 14.1. The normalized spacial score (nSPS) is 14.3. The van der Waals surface area contributed by atoms with E-state index >= 15 is 0 Å². The summed E-state index contributed by atoms with van der Waals surface area (Å²) < 4.78 is 0. The van der Waals surface area contributed by atoms with Crippen LogP contribution in [-0.4, -0.2) is 12.6 Å². The minimum atomic E-state index is 0.676. The van der Waals surface area contributed by atoms with Gasteiger partial charge in [0.15, 0.2) is 0 Å². The van der Waals surface area contributed by atoms with Crippen LogP contribution in [0.3, 0.4) is 0 Å². The summed E-state index contributed by atoms with van der Waals surface area (Å²) in [6, 6.07) is 9.60. The van der Waals surface area contributed by atoms with E-state index in [0.717, 1.165) is 12.5 Å². The predicted molar refractivity (Wildman–Crippen MR) is 85.7 cm³/mol. The molecule has 1 rings (SSSR count). The first-order valence-corrected chi connectivity index (χ1v) is 7.94. The van der Waals surface area contributed by atoms with Crippen LogP contribution in [0.2, 0.25) is 0 Å². The monoisotopic (exact) mass is 261 g/mol. The van der Waals surface area contributed by atoms with Crippen LogP contribution in [0.5, 0.6) is 0 Å². The molecule has 0 aliphatic carbocycles. The predicted octanol–water partition coefficient (Wildman–Crippen LogP) is 4.73. The summed E-state index contributed by atoms with van der Waals surface area (Å²) >= 11 is 0. The lowest BCUT2D eigenvalue weighted by atomic mass is 9.94.